The highest BCUT2D eigenvalue weighted by Crippen LogP contribution is 2.29. The third kappa shape index (κ3) is 2.81. The molecule has 2 heterocycles. The molecule has 1 aromatic carbocycles. The minimum Gasteiger partial charge on any atom is -0.329 e. The fourth-order valence-electron chi connectivity index (χ4n) is 2.30. The van der Waals surface area contributed by atoms with Gasteiger partial charge < -0.3 is 15.3 Å². The van der Waals surface area contributed by atoms with E-state index in [2.05, 4.69) is 15.0 Å². The molecule has 2 aromatic heterocycles. The number of H-pyrrole nitrogens is 1. The van der Waals surface area contributed by atoms with E-state index in [-0.39, 0.29) is 5.82 Å². The zero-order chi connectivity index (χ0) is 15.5. The number of rotatable bonds is 4. The molecule has 5 nitrogen and oxygen atoms in total. The first-order chi connectivity index (χ1) is 10.7. The molecule has 0 saturated heterocycles. The zero-order valence-electron chi connectivity index (χ0n) is 11.7. The summed E-state index contributed by atoms with van der Waals surface area (Å²) < 4.78 is 15.5. The van der Waals surface area contributed by atoms with Crippen LogP contribution in [0.4, 0.5) is 4.39 Å². The molecule has 0 aliphatic rings. The summed E-state index contributed by atoms with van der Waals surface area (Å²) in [5, 5.41) is 0. The Hall–Kier alpha value is -2.38. The first kappa shape index (κ1) is 14.6. The van der Waals surface area contributed by atoms with Gasteiger partial charge in [0.15, 0.2) is 4.77 Å². The lowest BCUT2D eigenvalue weighted by Crippen LogP contribution is -2.10. The molecule has 0 bridgehead atoms. The van der Waals surface area contributed by atoms with Crippen LogP contribution < -0.4 is 5.73 Å². The van der Waals surface area contributed by atoms with Gasteiger partial charge in [0.2, 0.25) is 0 Å². The lowest BCUT2D eigenvalue weighted by molar-refractivity contribution is 0.628. The highest BCUT2D eigenvalue weighted by Gasteiger charge is 2.15. The molecule has 0 saturated carbocycles. The van der Waals surface area contributed by atoms with Crippen LogP contribution in [0, 0.1) is 10.6 Å². The first-order valence-electron chi connectivity index (χ1n) is 6.76. The first-order valence-corrected chi connectivity index (χ1v) is 7.16. The Balaban J connectivity index is 2.19. The van der Waals surface area contributed by atoms with Gasteiger partial charge in [-0.05, 0) is 42.5 Å². The highest BCUT2D eigenvalue weighted by atomic mass is 32.1. The SMILES string of the molecule is NCCn1cnc(-c2ccc(F)cc2)c1-c1ccnc(=S)[nH]1. The van der Waals surface area contributed by atoms with Gasteiger partial charge in [-0.1, -0.05) is 0 Å². The van der Waals surface area contributed by atoms with E-state index >= 15 is 0 Å². The molecule has 112 valence electrons. The number of imidazole rings is 1. The van der Waals surface area contributed by atoms with E-state index in [9.17, 15) is 4.39 Å². The second kappa shape index (κ2) is 6.17. The van der Waals surface area contributed by atoms with Gasteiger partial charge in [-0.2, -0.15) is 0 Å². The van der Waals surface area contributed by atoms with E-state index < -0.39 is 0 Å². The third-order valence-corrected chi connectivity index (χ3v) is 3.46. The number of nitrogens with one attached hydrogen (secondary N) is 1. The summed E-state index contributed by atoms with van der Waals surface area (Å²) in [5.74, 6) is -0.282. The van der Waals surface area contributed by atoms with Crippen LogP contribution in [-0.2, 0) is 6.54 Å². The number of nitrogens with zero attached hydrogens (tertiary/aromatic N) is 3. The molecule has 0 unspecified atom stereocenters. The van der Waals surface area contributed by atoms with Gasteiger partial charge in [-0.15, -0.1) is 0 Å². The highest BCUT2D eigenvalue weighted by molar-refractivity contribution is 7.71. The molecule has 3 N–H and O–H groups in total. The van der Waals surface area contributed by atoms with Crippen molar-refractivity contribution in [1.29, 1.82) is 0 Å². The topological polar surface area (TPSA) is 72.5 Å². The number of aromatic nitrogens is 4. The number of halogens is 1. The molecular weight excluding hydrogens is 301 g/mol. The van der Waals surface area contributed by atoms with Crippen LogP contribution in [0.25, 0.3) is 22.6 Å². The summed E-state index contributed by atoms with van der Waals surface area (Å²) in [6.07, 6.45) is 3.36. The summed E-state index contributed by atoms with van der Waals surface area (Å²) in [6, 6.07) is 8.05. The van der Waals surface area contributed by atoms with Gasteiger partial charge in [0.05, 0.1) is 23.4 Å². The Morgan fingerprint density at radius 1 is 1.18 bits per heavy atom. The quantitative estimate of drug-likeness (QED) is 0.726. The molecule has 0 spiro atoms. The molecular formula is C15H14FN5S. The van der Waals surface area contributed by atoms with Gasteiger partial charge in [0.25, 0.3) is 0 Å². The van der Waals surface area contributed by atoms with Crippen molar-refractivity contribution in [2.75, 3.05) is 6.54 Å². The molecule has 0 radical (unpaired) electrons. The zero-order valence-corrected chi connectivity index (χ0v) is 12.5. The van der Waals surface area contributed by atoms with Crippen molar-refractivity contribution in [3.05, 3.63) is 53.4 Å². The van der Waals surface area contributed by atoms with E-state index in [0.29, 0.717) is 17.9 Å². The predicted molar refractivity (Wildman–Crippen MR) is 85.1 cm³/mol. The van der Waals surface area contributed by atoms with Crippen LogP contribution in [0.2, 0.25) is 0 Å². The van der Waals surface area contributed by atoms with Gasteiger partial charge in [-0.3, -0.25) is 0 Å². The second-order valence-corrected chi connectivity index (χ2v) is 5.11. The maximum Gasteiger partial charge on any atom is 0.197 e. The van der Waals surface area contributed by atoms with E-state index in [4.69, 9.17) is 18.0 Å². The minimum absolute atomic E-state index is 0.282. The van der Waals surface area contributed by atoms with Gasteiger partial charge in [-0.25, -0.2) is 14.4 Å². The largest absolute Gasteiger partial charge is 0.329 e. The molecule has 3 aromatic rings. The van der Waals surface area contributed by atoms with Crippen molar-refractivity contribution in [2.24, 2.45) is 5.73 Å². The van der Waals surface area contributed by atoms with Crippen LogP contribution >= 0.6 is 12.2 Å². The molecule has 0 amide bonds. The summed E-state index contributed by atoms with van der Waals surface area (Å²) in [7, 11) is 0. The number of hydrogen-bond acceptors (Lipinski definition) is 4. The van der Waals surface area contributed by atoms with E-state index in [1.807, 2.05) is 10.6 Å². The van der Waals surface area contributed by atoms with Gasteiger partial charge in [0, 0.05) is 24.8 Å². The lowest BCUT2D eigenvalue weighted by atomic mass is 10.1. The molecule has 0 fully saturated rings. The summed E-state index contributed by atoms with van der Waals surface area (Å²) in [6.45, 7) is 1.10. The minimum atomic E-state index is -0.282. The Morgan fingerprint density at radius 2 is 1.95 bits per heavy atom. The van der Waals surface area contributed by atoms with E-state index in [0.717, 1.165) is 22.6 Å². The molecule has 22 heavy (non-hydrogen) atoms. The van der Waals surface area contributed by atoms with Crippen LogP contribution in [0.5, 0.6) is 0 Å². The average molecular weight is 315 g/mol. The Bertz CT molecular complexity index is 838. The van der Waals surface area contributed by atoms with Crippen LogP contribution in [0.1, 0.15) is 0 Å². The van der Waals surface area contributed by atoms with Crippen molar-refractivity contribution in [2.45, 2.75) is 6.54 Å². The van der Waals surface area contributed by atoms with Gasteiger partial charge in [0.1, 0.15) is 5.82 Å². The number of aromatic amines is 1. The normalized spacial score (nSPS) is 10.8. The van der Waals surface area contributed by atoms with Crippen LogP contribution in [0.15, 0.2) is 42.9 Å². The second-order valence-electron chi connectivity index (χ2n) is 4.72. The maximum atomic E-state index is 13.1. The van der Waals surface area contributed by atoms with E-state index in [1.54, 1.807) is 24.7 Å². The molecule has 7 heteroatoms. The number of benzene rings is 1. The van der Waals surface area contributed by atoms with E-state index in [1.165, 1.54) is 12.1 Å². The van der Waals surface area contributed by atoms with Crippen LogP contribution in [-0.4, -0.2) is 26.1 Å². The number of hydrogen-bond donors (Lipinski definition) is 2. The van der Waals surface area contributed by atoms with Crippen molar-refractivity contribution in [3.8, 4) is 22.6 Å². The fourth-order valence-corrected chi connectivity index (χ4v) is 2.47. The predicted octanol–water partition coefficient (Wildman–Crippen LogP) is 2.77. The van der Waals surface area contributed by atoms with Crippen molar-refractivity contribution in [1.82, 2.24) is 19.5 Å². The standard InChI is InChI=1S/C15H14FN5S/c16-11-3-1-10(2-4-11)13-14(21(8-6-17)9-19-13)12-5-7-18-15(22)20-12/h1-5,7,9H,6,8,17H2,(H,18,20,22). The molecule has 3 rings (SSSR count). The summed E-state index contributed by atoms with van der Waals surface area (Å²) >= 11 is 5.09. The smallest absolute Gasteiger partial charge is 0.197 e. The third-order valence-electron chi connectivity index (χ3n) is 3.26. The molecule has 0 aliphatic heterocycles. The Labute approximate surface area is 131 Å². The Kier molecular flexibility index (Phi) is 4.08. The van der Waals surface area contributed by atoms with Crippen LogP contribution in [0.3, 0.4) is 0 Å². The summed E-state index contributed by atoms with van der Waals surface area (Å²) in [4.78, 5) is 11.5. The van der Waals surface area contributed by atoms with Crippen molar-refractivity contribution < 1.29 is 4.39 Å². The maximum absolute atomic E-state index is 13.1. The van der Waals surface area contributed by atoms with Gasteiger partial charge >= 0.3 is 0 Å². The summed E-state index contributed by atoms with van der Waals surface area (Å²) in [5.41, 5.74) is 8.88. The average Bonchev–Trinajstić information content (AvgIpc) is 2.92. The number of nitrogens with two attached hydrogens (primary N) is 1. The lowest BCUT2D eigenvalue weighted by Gasteiger charge is -2.09. The van der Waals surface area contributed by atoms with Crippen molar-refractivity contribution in [3.63, 3.8) is 0 Å². The Morgan fingerprint density at radius 3 is 2.64 bits per heavy atom. The van der Waals surface area contributed by atoms with Crippen molar-refractivity contribution >= 4 is 12.2 Å². The monoisotopic (exact) mass is 315 g/mol. The fraction of sp³-hybridized carbons (Fsp3) is 0.133. The molecule has 0 aliphatic carbocycles. The molecule has 0 atom stereocenters.